The van der Waals surface area contributed by atoms with Gasteiger partial charge >= 0.3 is 0 Å². The molecule has 1 aliphatic carbocycles. The van der Waals surface area contributed by atoms with Crippen LogP contribution in [0.4, 0.5) is 0 Å². The summed E-state index contributed by atoms with van der Waals surface area (Å²) in [5, 5.41) is 0. The fraction of sp³-hybridized carbons (Fsp3) is 0.625. The average molecular weight is 231 g/mol. The van der Waals surface area contributed by atoms with Gasteiger partial charge in [0.2, 0.25) is 0 Å². The first-order valence-electron chi connectivity index (χ1n) is 6.78. The zero-order valence-corrected chi connectivity index (χ0v) is 11.5. The number of benzene rings is 1. The minimum Gasteiger partial charge on any atom is -0.327 e. The summed E-state index contributed by atoms with van der Waals surface area (Å²) in [6.07, 6.45) is 2.47. The molecule has 2 rings (SSSR count). The van der Waals surface area contributed by atoms with Gasteiger partial charge in [-0.2, -0.15) is 0 Å². The summed E-state index contributed by atoms with van der Waals surface area (Å²) in [4.78, 5) is 0. The van der Waals surface area contributed by atoms with E-state index >= 15 is 0 Å². The van der Waals surface area contributed by atoms with Crippen molar-refractivity contribution in [2.45, 2.75) is 57.9 Å². The lowest BCUT2D eigenvalue weighted by atomic mass is 9.66. The molecule has 0 saturated carbocycles. The first-order valence-corrected chi connectivity index (χ1v) is 6.78. The maximum Gasteiger partial charge on any atom is 0.0131 e. The molecule has 0 aliphatic heterocycles. The summed E-state index contributed by atoms with van der Waals surface area (Å²) in [5.41, 5.74) is 9.70. The Morgan fingerprint density at radius 3 is 2.53 bits per heavy atom. The molecular weight excluding hydrogens is 206 g/mol. The third-order valence-electron chi connectivity index (χ3n) is 4.40. The predicted octanol–water partition coefficient (Wildman–Crippen LogP) is 3.82. The fourth-order valence-corrected chi connectivity index (χ4v) is 3.11. The molecule has 1 aliphatic rings. The van der Waals surface area contributed by atoms with Gasteiger partial charge in [-0.1, -0.05) is 52.0 Å². The molecular formula is C16H25N. The van der Waals surface area contributed by atoms with Crippen molar-refractivity contribution < 1.29 is 0 Å². The summed E-state index contributed by atoms with van der Waals surface area (Å²) in [6, 6.07) is 9.16. The van der Waals surface area contributed by atoms with Crippen LogP contribution in [0.5, 0.6) is 0 Å². The molecule has 0 saturated heterocycles. The van der Waals surface area contributed by atoms with Gasteiger partial charge in [-0.25, -0.2) is 0 Å². The molecule has 1 aromatic carbocycles. The Kier molecular flexibility index (Phi) is 3.31. The monoisotopic (exact) mass is 231 g/mol. The summed E-state index contributed by atoms with van der Waals surface area (Å²) in [7, 11) is 0. The lowest BCUT2D eigenvalue weighted by Gasteiger charge is -2.40. The standard InChI is InChI=1S/C16H25N/c1-11(2)15(17)13-9-10-16(3,4)14-8-6-5-7-12(13)14/h5-8,11,13,15H,9-10,17H2,1-4H3. The zero-order chi connectivity index (χ0) is 12.6. The summed E-state index contributed by atoms with van der Waals surface area (Å²) < 4.78 is 0. The third kappa shape index (κ3) is 2.26. The maximum absolute atomic E-state index is 6.39. The Morgan fingerprint density at radius 2 is 1.88 bits per heavy atom. The molecule has 0 heterocycles. The molecule has 94 valence electrons. The first kappa shape index (κ1) is 12.6. The number of hydrogen-bond acceptors (Lipinski definition) is 1. The van der Waals surface area contributed by atoms with E-state index in [-0.39, 0.29) is 6.04 Å². The SMILES string of the molecule is CC(C)C(N)C1CCC(C)(C)c2ccccc21. The summed E-state index contributed by atoms with van der Waals surface area (Å²) in [5.74, 6) is 1.09. The molecule has 1 heteroatoms. The van der Waals surface area contributed by atoms with Crippen molar-refractivity contribution in [3.63, 3.8) is 0 Å². The molecule has 0 aromatic heterocycles. The minimum absolute atomic E-state index is 0.284. The maximum atomic E-state index is 6.39. The van der Waals surface area contributed by atoms with Crippen LogP contribution < -0.4 is 5.73 Å². The second kappa shape index (κ2) is 4.45. The molecule has 2 atom stereocenters. The highest BCUT2D eigenvalue weighted by atomic mass is 14.7. The van der Waals surface area contributed by atoms with Crippen molar-refractivity contribution in [3.8, 4) is 0 Å². The molecule has 1 aromatic rings. The van der Waals surface area contributed by atoms with Gasteiger partial charge in [0.25, 0.3) is 0 Å². The van der Waals surface area contributed by atoms with Gasteiger partial charge in [0.15, 0.2) is 0 Å². The molecule has 17 heavy (non-hydrogen) atoms. The normalized spacial score (nSPS) is 24.5. The molecule has 2 N–H and O–H groups in total. The van der Waals surface area contributed by atoms with E-state index in [1.54, 1.807) is 0 Å². The lowest BCUT2D eigenvalue weighted by molar-refractivity contribution is 0.326. The highest BCUT2D eigenvalue weighted by Gasteiger charge is 2.35. The third-order valence-corrected chi connectivity index (χ3v) is 4.40. The molecule has 0 radical (unpaired) electrons. The van der Waals surface area contributed by atoms with E-state index in [2.05, 4.69) is 52.0 Å². The van der Waals surface area contributed by atoms with Gasteiger partial charge < -0.3 is 5.73 Å². The van der Waals surface area contributed by atoms with E-state index in [1.165, 1.54) is 24.0 Å². The minimum atomic E-state index is 0.284. The number of rotatable bonds is 2. The van der Waals surface area contributed by atoms with Gasteiger partial charge in [0, 0.05) is 6.04 Å². The second-order valence-corrected chi connectivity index (χ2v) is 6.44. The molecule has 1 nitrogen and oxygen atoms in total. The second-order valence-electron chi connectivity index (χ2n) is 6.44. The van der Waals surface area contributed by atoms with Gasteiger partial charge in [0.05, 0.1) is 0 Å². The van der Waals surface area contributed by atoms with Crippen molar-refractivity contribution in [1.29, 1.82) is 0 Å². The fourth-order valence-electron chi connectivity index (χ4n) is 3.11. The van der Waals surface area contributed by atoms with Crippen LogP contribution >= 0.6 is 0 Å². The molecule has 0 bridgehead atoms. The van der Waals surface area contributed by atoms with Crippen LogP contribution in [0.25, 0.3) is 0 Å². The molecule has 0 amide bonds. The van der Waals surface area contributed by atoms with Crippen molar-refractivity contribution in [1.82, 2.24) is 0 Å². The molecule has 0 fully saturated rings. The van der Waals surface area contributed by atoms with Crippen LogP contribution in [-0.2, 0) is 5.41 Å². The van der Waals surface area contributed by atoms with Gasteiger partial charge in [-0.3, -0.25) is 0 Å². The van der Waals surface area contributed by atoms with Crippen LogP contribution in [0, 0.1) is 5.92 Å². The van der Waals surface area contributed by atoms with E-state index in [0.29, 0.717) is 17.3 Å². The van der Waals surface area contributed by atoms with Gasteiger partial charge in [-0.15, -0.1) is 0 Å². The Hall–Kier alpha value is -0.820. The van der Waals surface area contributed by atoms with Crippen LogP contribution in [0.3, 0.4) is 0 Å². The van der Waals surface area contributed by atoms with Crippen molar-refractivity contribution in [3.05, 3.63) is 35.4 Å². The predicted molar refractivity (Wildman–Crippen MR) is 74.3 cm³/mol. The highest BCUT2D eigenvalue weighted by Crippen LogP contribution is 2.44. The van der Waals surface area contributed by atoms with E-state index in [4.69, 9.17) is 5.73 Å². The number of hydrogen-bond donors (Lipinski definition) is 1. The van der Waals surface area contributed by atoms with E-state index in [9.17, 15) is 0 Å². The molecule has 0 spiro atoms. The largest absolute Gasteiger partial charge is 0.327 e. The van der Waals surface area contributed by atoms with Gasteiger partial charge in [0.1, 0.15) is 0 Å². The number of nitrogens with two attached hydrogens (primary N) is 1. The quantitative estimate of drug-likeness (QED) is 0.822. The van der Waals surface area contributed by atoms with E-state index in [0.717, 1.165) is 0 Å². The van der Waals surface area contributed by atoms with Crippen molar-refractivity contribution in [2.24, 2.45) is 11.7 Å². The van der Waals surface area contributed by atoms with E-state index in [1.807, 2.05) is 0 Å². The Bertz CT molecular complexity index is 392. The molecule has 2 unspecified atom stereocenters. The first-order chi connectivity index (χ1) is 7.93. The average Bonchev–Trinajstić information content (AvgIpc) is 2.28. The lowest BCUT2D eigenvalue weighted by Crippen LogP contribution is -2.38. The Balaban J connectivity index is 2.42. The van der Waals surface area contributed by atoms with Crippen molar-refractivity contribution in [2.75, 3.05) is 0 Å². The van der Waals surface area contributed by atoms with Crippen LogP contribution in [-0.4, -0.2) is 6.04 Å². The van der Waals surface area contributed by atoms with Crippen molar-refractivity contribution >= 4 is 0 Å². The van der Waals surface area contributed by atoms with Crippen LogP contribution in [0.15, 0.2) is 24.3 Å². The summed E-state index contributed by atoms with van der Waals surface area (Å²) in [6.45, 7) is 9.16. The summed E-state index contributed by atoms with van der Waals surface area (Å²) >= 11 is 0. The van der Waals surface area contributed by atoms with Crippen LogP contribution in [0.1, 0.15) is 57.6 Å². The zero-order valence-electron chi connectivity index (χ0n) is 11.5. The highest BCUT2D eigenvalue weighted by molar-refractivity contribution is 5.39. The Morgan fingerprint density at radius 1 is 1.24 bits per heavy atom. The Labute approximate surface area is 105 Å². The smallest absolute Gasteiger partial charge is 0.0131 e. The van der Waals surface area contributed by atoms with Gasteiger partial charge in [-0.05, 0) is 41.2 Å². The topological polar surface area (TPSA) is 26.0 Å². The van der Waals surface area contributed by atoms with E-state index < -0.39 is 0 Å². The van der Waals surface area contributed by atoms with Crippen LogP contribution in [0.2, 0.25) is 0 Å². The number of fused-ring (bicyclic) bond motifs is 1.